The zero-order chi connectivity index (χ0) is 16.6. The minimum Gasteiger partial charge on any atom is -0.463 e. The van der Waals surface area contributed by atoms with E-state index in [1.807, 2.05) is 0 Å². The molecule has 0 amide bonds. The fraction of sp³-hybridized carbons (Fsp3) is 0.909. The molecule has 1 fully saturated rings. The first-order valence-electron chi connectivity index (χ1n) is 6.08. The number of esters is 1. The number of rotatable bonds is 4. The van der Waals surface area contributed by atoms with Crippen LogP contribution in [-0.2, 0) is 14.3 Å². The average molecular weight is 322 g/mol. The molecule has 2 N–H and O–H groups in total. The number of aliphatic hydroxyl groups is 2. The zero-order valence-corrected chi connectivity index (χ0v) is 11.2. The van der Waals surface area contributed by atoms with Crippen molar-refractivity contribution in [3.05, 3.63) is 0 Å². The van der Waals surface area contributed by atoms with Crippen molar-refractivity contribution < 1.29 is 46.4 Å². The van der Waals surface area contributed by atoms with Crippen LogP contribution in [0, 0.1) is 5.92 Å². The molecule has 21 heavy (non-hydrogen) atoms. The Morgan fingerprint density at radius 3 is 2.33 bits per heavy atom. The van der Waals surface area contributed by atoms with Crippen molar-refractivity contribution in [2.45, 2.75) is 50.4 Å². The Bertz CT molecular complexity index is 399. The van der Waals surface area contributed by atoms with Gasteiger partial charge in [-0.1, -0.05) is 13.8 Å². The van der Waals surface area contributed by atoms with Crippen molar-refractivity contribution in [2.24, 2.45) is 5.92 Å². The van der Waals surface area contributed by atoms with Gasteiger partial charge in [0.2, 0.25) is 0 Å². The maximum absolute atomic E-state index is 13.4. The first-order valence-corrected chi connectivity index (χ1v) is 6.08. The second kappa shape index (κ2) is 5.65. The predicted molar refractivity (Wildman–Crippen MR) is 57.2 cm³/mol. The first-order chi connectivity index (χ1) is 9.38. The molecular formula is C11H15F5O5. The van der Waals surface area contributed by atoms with Gasteiger partial charge in [-0.3, -0.25) is 4.79 Å². The molecule has 0 radical (unpaired) electrons. The molecule has 0 aromatic heterocycles. The summed E-state index contributed by atoms with van der Waals surface area (Å²) < 4.78 is 72.6. The summed E-state index contributed by atoms with van der Waals surface area (Å²) in [5.41, 5.74) is 0. The second-order valence-electron chi connectivity index (χ2n) is 4.81. The SMILES string of the molecule is CCC(C)C(=O)OCC1OC(O)(C(F)(F)F)C(F)(F)C1O. The third-order valence-electron chi connectivity index (χ3n) is 3.29. The number of hydrogen-bond donors (Lipinski definition) is 2. The molecule has 0 saturated carbocycles. The second-order valence-corrected chi connectivity index (χ2v) is 4.81. The van der Waals surface area contributed by atoms with Crippen LogP contribution >= 0.6 is 0 Å². The summed E-state index contributed by atoms with van der Waals surface area (Å²) in [6.07, 6.45) is -10.6. The minimum atomic E-state index is -5.83. The van der Waals surface area contributed by atoms with Crippen LogP contribution in [0.25, 0.3) is 0 Å². The summed E-state index contributed by atoms with van der Waals surface area (Å²) in [4.78, 5) is 11.3. The summed E-state index contributed by atoms with van der Waals surface area (Å²) in [5, 5.41) is 18.2. The molecule has 1 rings (SSSR count). The molecule has 0 aromatic carbocycles. The molecule has 4 atom stereocenters. The molecular weight excluding hydrogens is 307 g/mol. The molecule has 10 heteroatoms. The van der Waals surface area contributed by atoms with E-state index in [-0.39, 0.29) is 0 Å². The van der Waals surface area contributed by atoms with Crippen molar-refractivity contribution in [2.75, 3.05) is 6.61 Å². The first kappa shape index (κ1) is 18.1. The van der Waals surface area contributed by atoms with Gasteiger partial charge in [0.05, 0.1) is 5.92 Å². The topological polar surface area (TPSA) is 76.0 Å². The summed E-state index contributed by atoms with van der Waals surface area (Å²) in [7, 11) is 0. The Hall–Kier alpha value is -1.00. The number of carbonyl (C=O) groups excluding carboxylic acids is 1. The maximum Gasteiger partial charge on any atom is 0.449 e. The lowest BCUT2D eigenvalue weighted by atomic mass is 10.0. The summed E-state index contributed by atoms with van der Waals surface area (Å²) in [6, 6.07) is 0. The number of ether oxygens (including phenoxy) is 2. The fourth-order valence-corrected chi connectivity index (χ4v) is 1.65. The van der Waals surface area contributed by atoms with Gasteiger partial charge in [-0.2, -0.15) is 22.0 Å². The molecule has 1 aliphatic heterocycles. The van der Waals surface area contributed by atoms with Crippen LogP contribution in [0.2, 0.25) is 0 Å². The molecule has 1 aliphatic rings. The number of hydrogen-bond acceptors (Lipinski definition) is 5. The van der Waals surface area contributed by atoms with Crippen LogP contribution in [-0.4, -0.2) is 52.9 Å². The largest absolute Gasteiger partial charge is 0.463 e. The van der Waals surface area contributed by atoms with E-state index in [9.17, 15) is 31.9 Å². The minimum absolute atomic E-state index is 0.371. The number of aliphatic hydroxyl groups excluding tert-OH is 1. The zero-order valence-electron chi connectivity index (χ0n) is 11.2. The van der Waals surface area contributed by atoms with Gasteiger partial charge in [0.15, 0.2) is 6.10 Å². The van der Waals surface area contributed by atoms with Gasteiger partial charge in [0.1, 0.15) is 12.7 Å². The number of alkyl halides is 5. The van der Waals surface area contributed by atoms with Crippen molar-refractivity contribution in [3.63, 3.8) is 0 Å². The number of halogens is 5. The van der Waals surface area contributed by atoms with Gasteiger partial charge in [-0.05, 0) is 6.42 Å². The van der Waals surface area contributed by atoms with Crippen LogP contribution in [0.1, 0.15) is 20.3 Å². The van der Waals surface area contributed by atoms with Crippen LogP contribution in [0.4, 0.5) is 22.0 Å². The average Bonchev–Trinajstić information content (AvgIpc) is 2.56. The lowest BCUT2D eigenvalue weighted by molar-refractivity contribution is -0.409. The van der Waals surface area contributed by atoms with Gasteiger partial charge < -0.3 is 19.7 Å². The Labute approximate surface area is 116 Å². The monoisotopic (exact) mass is 322 g/mol. The summed E-state index contributed by atoms with van der Waals surface area (Å²) in [6.45, 7) is 2.08. The maximum atomic E-state index is 13.4. The normalized spacial score (nSPS) is 33.8. The van der Waals surface area contributed by atoms with Gasteiger partial charge in [-0.15, -0.1) is 0 Å². The van der Waals surface area contributed by atoms with E-state index in [0.717, 1.165) is 0 Å². The highest BCUT2D eigenvalue weighted by Gasteiger charge is 2.79. The molecule has 4 unspecified atom stereocenters. The van der Waals surface area contributed by atoms with E-state index in [1.54, 1.807) is 6.92 Å². The highest BCUT2D eigenvalue weighted by atomic mass is 19.4. The van der Waals surface area contributed by atoms with Gasteiger partial charge in [-0.25, -0.2) is 0 Å². The van der Waals surface area contributed by atoms with Gasteiger partial charge in [0.25, 0.3) is 0 Å². The molecule has 0 spiro atoms. The molecule has 124 valence electrons. The standard InChI is InChI=1S/C11H15F5O5/c1-3-5(2)8(18)20-4-6-7(17)9(12,13)10(19,21-6)11(14,15)16/h5-7,17,19H,3-4H2,1-2H3. The van der Waals surface area contributed by atoms with E-state index in [2.05, 4.69) is 9.47 Å². The van der Waals surface area contributed by atoms with Crippen molar-refractivity contribution in [3.8, 4) is 0 Å². The highest BCUT2D eigenvalue weighted by molar-refractivity contribution is 5.71. The molecule has 1 heterocycles. The fourth-order valence-electron chi connectivity index (χ4n) is 1.65. The van der Waals surface area contributed by atoms with Gasteiger partial charge in [0, 0.05) is 0 Å². The summed E-state index contributed by atoms with van der Waals surface area (Å²) in [5.74, 6) is -11.2. The molecule has 5 nitrogen and oxygen atoms in total. The quantitative estimate of drug-likeness (QED) is 0.601. The Balaban J connectivity index is 2.83. The third kappa shape index (κ3) is 2.97. The molecule has 0 aromatic rings. The smallest absolute Gasteiger partial charge is 0.449 e. The molecule has 0 bridgehead atoms. The highest BCUT2D eigenvalue weighted by Crippen LogP contribution is 2.51. The Morgan fingerprint density at radius 1 is 1.43 bits per heavy atom. The van der Waals surface area contributed by atoms with E-state index in [0.29, 0.717) is 6.42 Å². The van der Waals surface area contributed by atoms with Crippen LogP contribution in [0.3, 0.4) is 0 Å². The van der Waals surface area contributed by atoms with E-state index in [4.69, 9.17) is 5.11 Å². The molecule has 0 aliphatic carbocycles. The number of carbonyl (C=O) groups is 1. The predicted octanol–water partition coefficient (Wildman–Crippen LogP) is 1.22. The third-order valence-corrected chi connectivity index (χ3v) is 3.29. The lowest BCUT2D eigenvalue weighted by Gasteiger charge is -2.30. The Morgan fingerprint density at radius 2 is 1.95 bits per heavy atom. The van der Waals surface area contributed by atoms with Crippen LogP contribution < -0.4 is 0 Å². The van der Waals surface area contributed by atoms with E-state index >= 15 is 0 Å². The van der Waals surface area contributed by atoms with E-state index in [1.165, 1.54) is 6.92 Å². The van der Waals surface area contributed by atoms with Crippen molar-refractivity contribution >= 4 is 5.97 Å². The molecule has 1 saturated heterocycles. The van der Waals surface area contributed by atoms with Gasteiger partial charge >= 0.3 is 23.9 Å². The lowest BCUT2D eigenvalue weighted by Crippen LogP contribution is -2.59. The van der Waals surface area contributed by atoms with Crippen molar-refractivity contribution in [1.29, 1.82) is 0 Å². The van der Waals surface area contributed by atoms with Crippen molar-refractivity contribution in [1.82, 2.24) is 0 Å². The van der Waals surface area contributed by atoms with Crippen LogP contribution in [0.5, 0.6) is 0 Å². The Kier molecular flexibility index (Phi) is 4.86. The van der Waals surface area contributed by atoms with Crippen LogP contribution in [0.15, 0.2) is 0 Å². The summed E-state index contributed by atoms with van der Waals surface area (Å²) >= 11 is 0. The van der Waals surface area contributed by atoms with E-state index < -0.39 is 48.6 Å².